The molecule has 21 aromatic rings. The van der Waals surface area contributed by atoms with Gasteiger partial charge in [0, 0.05) is 94.6 Å². The molecular formula is C118H72N10O2. The summed E-state index contributed by atoms with van der Waals surface area (Å²) in [6.45, 7) is 0. The molecule has 606 valence electrons. The maximum absolute atomic E-state index is 7.58. The Morgan fingerprint density at radius 1 is 0.146 bits per heavy atom. The monoisotopic (exact) mass is 1660 g/mol. The third-order valence-corrected chi connectivity index (χ3v) is 25.8. The lowest BCUT2D eigenvalue weighted by atomic mass is 9.65. The number of benzene rings is 17. The van der Waals surface area contributed by atoms with Crippen molar-refractivity contribution in [3.63, 3.8) is 0 Å². The van der Waals surface area contributed by atoms with E-state index in [0.29, 0.717) is 58.1 Å². The van der Waals surface area contributed by atoms with Crippen molar-refractivity contribution in [2.75, 3.05) is 0 Å². The Kier molecular flexibility index (Phi) is 17.8. The first-order chi connectivity index (χ1) is 64.4. The topological polar surface area (TPSA) is 147 Å². The number of fused-ring (bicyclic) bond motifs is 18. The molecule has 4 aliphatic rings. The molecule has 2 aliphatic carbocycles. The van der Waals surface area contributed by atoms with Crippen LogP contribution in [0.5, 0.6) is 23.0 Å². The van der Waals surface area contributed by atoms with E-state index in [1.807, 2.05) is 127 Å². The number of nitrogens with zero attached hydrogens (tertiary/aromatic N) is 10. The summed E-state index contributed by atoms with van der Waals surface area (Å²) in [7, 11) is 0. The van der Waals surface area contributed by atoms with Gasteiger partial charge in [0.25, 0.3) is 0 Å². The van der Waals surface area contributed by atoms with Gasteiger partial charge in [0.05, 0.1) is 33.6 Å². The Morgan fingerprint density at radius 2 is 0.469 bits per heavy atom. The van der Waals surface area contributed by atoms with Gasteiger partial charge in [0.15, 0.2) is 46.6 Å². The number of hydrogen-bond acceptors (Lipinski definition) is 12. The first-order valence-corrected chi connectivity index (χ1v) is 43.6. The van der Waals surface area contributed by atoms with Gasteiger partial charge in [-0.2, -0.15) is 0 Å². The van der Waals surface area contributed by atoms with Gasteiger partial charge in [-0.1, -0.05) is 394 Å². The molecule has 0 saturated heterocycles. The molecule has 0 saturated carbocycles. The first-order valence-electron chi connectivity index (χ1n) is 43.6. The quantitative estimate of drug-likeness (QED) is 0.102. The molecule has 12 heteroatoms. The Morgan fingerprint density at radius 3 is 0.992 bits per heavy atom. The van der Waals surface area contributed by atoms with Gasteiger partial charge in [0.1, 0.15) is 23.0 Å². The number of ether oxygens (including phenoxy) is 2. The van der Waals surface area contributed by atoms with Gasteiger partial charge in [-0.05, 0) is 104 Å². The molecule has 17 aromatic carbocycles. The second-order valence-corrected chi connectivity index (χ2v) is 33.1. The molecule has 12 nitrogen and oxygen atoms in total. The van der Waals surface area contributed by atoms with Crippen LogP contribution in [0.3, 0.4) is 0 Å². The van der Waals surface area contributed by atoms with Crippen molar-refractivity contribution in [2.45, 2.75) is 10.8 Å². The summed E-state index contributed by atoms with van der Waals surface area (Å²) in [4.78, 5) is 53.3. The number of rotatable bonds is 14. The van der Waals surface area contributed by atoms with Crippen LogP contribution < -0.4 is 9.47 Å². The Hall–Kier alpha value is -17.5. The third-order valence-electron chi connectivity index (χ3n) is 25.8. The summed E-state index contributed by atoms with van der Waals surface area (Å²) < 4.78 is 15.0. The van der Waals surface area contributed by atoms with Crippen molar-refractivity contribution in [3.05, 3.63) is 481 Å². The zero-order valence-electron chi connectivity index (χ0n) is 69.9. The molecule has 0 fully saturated rings. The molecule has 2 atom stereocenters. The van der Waals surface area contributed by atoms with Crippen molar-refractivity contribution < 1.29 is 9.47 Å². The smallest absolute Gasteiger partial charge is 0.164 e. The molecule has 2 aliphatic heterocycles. The highest BCUT2D eigenvalue weighted by molar-refractivity contribution is 5.98. The summed E-state index contributed by atoms with van der Waals surface area (Å²) in [6.07, 6.45) is 0. The van der Waals surface area contributed by atoms with E-state index in [1.54, 1.807) is 0 Å². The molecule has 25 rings (SSSR count). The molecule has 6 heterocycles. The number of aromatic nitrogens is 10. The maximum atomic E-state index is 7.58. The molecule has 2 unspecified atom stereocenters. The second kappa shape index (κ2) is 30.7. The lowest BCUT2D eigenvalue weighted by molar-refractivity contribution is 0.436. The van der Waals surface area contributed by atoms with Crippen molar-refractivity contribution in [3.8, 4) is 204 Å². The van der Waals surface area contributed by atoms with Crippen molar-refractivity contribution in [1.82, 2.24) is 49.8 Å². The second-order valence-electron chi connectivity index (χ2n) is 33.1. The molecular weight excluding hydrogens is 1590 g/mol. The fraction of sp³-hybridized carbons (Fsp3) is 0.0169. The van der Waals surface area contributed by atoms with Crippen LogP contribution in [-0.4, -0.2) is 49.8 Å². The van der Waals surface area contributed by atoms with Crippen molar-refractivity contribution in [2.24, 2.45) is 0 Å². The van der Waals surface area contributed by atoms with E-state index in [-0.39, 0.29) is 0 Å². The van der Waals surface area contributed by atoms with E-state index in [2.05, 4.69) is 309 Å². The summed E-state index contributed by atoms with van der Waals surface area (Å²) in [5.74, 6) is 7.38. The zero-order chi connectivity index (χ0) is 85.8. The van der Waals surface area contributed by atoms with E-state index >= 15 is 0 Å². The van der Waals surface area contributed by atoms with Crippen LogP contribution in [0.1, 0.15) is 44.5 Å². The third kappa shape index (κ3) is 12.4. The van der Waals surface area contributed by atoms with Crippen LogP contribution in [0, 0.1) is 0 Å². The highest BCUT2D eigenvalue weighted by Gasteiger charge is 2.54. The minimum absolute atomic E-state index is 0.481. The van der Waals surface area contributed by atoms with Crippen molar-refractivity contribution >= 4 is 0 Å². The summed E-state index contributed by atoms with van der Waals surface area (Å²) >= 11 is 0. The predicted molar refractivity (Wildman–Crippen MR) is 515 cm³/mol. The van der Waals surface area contributed by atoms with Gasteiger partial charge in [-0.15, -0.1) is 0 Å². The van der Waals surface area contributed by atoms with Crippen LogP contribution in [0.15, 0.2) is 437 Å². The van der Waals surface area contributed by atoms with E-state index in [9.17, 15) is 0 Å². The average Bonchev–Trinajstić information content (AvgIpc) is 1.50. The van der Waals surface area contributed by atoms with Crippen LogP contribution in [0.2, 0.25) is 0 Å². The van der Waals surface area contributed by atoms with E-state index in [0.717, 1.165) is 190 Å². The molecule has 0 amide bonds. The molecule has 130 heavy (non-hydrogen) atoms. The predicted octanol–water partition coefficient (Wildman–Crippen LogP) is 27.9. The normalized spacial score (nSPS) is 14.3. The fourth-order valence-corrected chi connectivity index (χ4v) is 19.9. The van der Waals surface area contributed by atoms with E-state index < -0.39 is 10.8 Å². The molecule has 4 aromatic heterocycles. The Balaban J connectivity index is 0.632. The highest BCUT2D eigenvalue weighted by Crippen LogP contribution is 2.67. The summed E-state index contributed by atoms with van der Waals surface area (Å²) in [5, 5.41) is 0. The SMILES string of the molecule is c1ccc(-c2cc(-c3ccc4c(c3)Oc3ccc(-c5ccc(-c6nc(-c7ccccc7)nc(-c7ccc8c(c7)Oc7c(-c9ccccc9)cccc7C87c8ccccc8-c8c(-c9nc(-c%10ccccc%10)nc(-c%10ccccc%10)n9)cccc87)n6)cc5)cc3C43c4ccccc4-c4ccc(-c5cc(-c6ccccc6)nc(-c6ccccc6)n5)cc43)nc(-c3ccccc3)n2)cc1. The minimum Gasteiger partial charge on any atom is -0.457 e. The van der Waals surface area contributed by atoms with Crippen LogP contribution >= 0.6 is 0 Å². The fourth-order valence-electron chi connectivity index (χ4n) is 19.9. The van der Waals surface area contributed by atoms with Gasteiger partial charge >= 0.3 is 0 Å². The lowest BCUT2D eigenvalue weighted by Crippen LogP contribution is -2.32. The summed E-state index contributed by atoms with van der Waals surface area (Å²) in [6, 6.07) is 152. The van der Waals surface area contributed by atoms with Gasteiger partial charge < -0.3 is 9.47 Å². The molecule has 0 N–H and O–H groups in total. The standard InChI is InChI=1S/C118H72N10O2/c1-9-31-74(32-10-1)87-49-29-54-97-108(87)130-106-70-86(61-65-95(106)117(97)93-52-28-26-48-90(93)107-91(50-30-53-96(107)117)116-127-112(80-43-21-7-22-44-80)124-113(128-116)81-45-23-8-24-46-81)115-125-111(79-41-19-6-20-42-79)123-114(126-115)82-57-55-73(56-58-82)83-62-66-104-99(67-83)118(94-64-60-85(69-105(94)129-104)103-72-101(76-35-13-3-14-36-76)120-110(122-103)78-39-17-5-18-40-78)92-51-27-25-47-88(92)89-63-59-84(68-98(89)118)102-71-100(75-33-11-2-12-34-75)119-109(121-102)77-37-15-4-16-38-77/h1-72H. The number of para-hydroxylation sites is 1. The van der Waals surface area contributed by atoms with E-state index in [4.69, 9.17) is 59.3 Å². The van der Waals surface area contributed by atoms with Crippen LogP contribution in [0.4, 0.5) is 0 Å². The Bertz CT molecular complexity index is 7900. The molecule has 0 bridgehead atoms. The largest absolute Gasteiger partial charge is 0.457 e. The zero-order valence-corrected chi connectivity index (χ0v) is 69.9. The average molecular weight is 1660 g/mol. The first kappa shape index (κ1) is 75.1. The Labute approximate surface area is 750 Å². The summed E-state index contributed by atoms with van der Waals surface area (Å²) in [5.41, 5.74) is 28.8. The van der Waals surface area contributed by atoms with Gasteiger partial charge in [0.2, 0.25) is 0 Å². The van der Waals surface area contributed by atoms with Crippen LogP contribution in [0.25, 0.3) is 181 Å². The van der Waals surface area contributed by atoms with Crippen molar-refractivity contribution in [1.29, 1.82) is 0 Å². The van der Waals surface area contributed by atoms with Gasteiger partial charge in [-0.3, -0.25) is 0 Å². The highest BCUT2D eigenvalue weighted by atomic mass is 16.5. The lowest BCUT2D eigenvalue weighted by Gasteiger charge is -2.40. The van der Waals surface area contributed by atoms with Gasteiger partial charge in [-0.25, -0.2) is 49.8 Å². The van der Waals surface area contributed by atoms with E-state index in [1.165, 1.54) is 0 Å². The number of hydrogen-bond donors (Lipinski definition) is 0. The minimum atomic E-state index is -0.940. The molecule has 2 spiro atoms. The molecule has 0 radical (unpaired) electrons. The van der Waals surface area contributed by atoms with Crippen LogP contribution in [-0.2, 0) is 10.8 Å². The maximum Gasteiger partial charge on any atom is 0.164 e.